The van der Waals surface area contributed by atoms with Crippen molar-refractivity contribution in [2.24, 2.45) is 0 Å². The lowest BCUT2D eigenvalue weighted by Gasteiger charge is -2.08. The van der Waals surface area contributed by atoms with E-state index in [0.29, 0.717) is 29.4 Å². The van der Waals surface area contributed by atoms with Crippen LogP contribution in [0.15, 0.2) is 39.7 Å². The minimum absolute atomic E-state index is 0.189. The average molecular weight is 343 g/mol. The van der Waals surface area contributed by atoms with Gasteiger partial charge in [0, 0.05) is 17.8 Å². The molecule has 3 heterocycles. The lowest BCUT2D eigenvalue weighted by molar-refractivity contribution is 0.167. The summed E-state index contributed by atoms with van der Waals surface area (Å²) in [5.74, 6) is 0.995. The number of furan rings is 1. The van der Waals surface area contributed by atoms with Crippen molar-refractivity contribution in [2.45, 2.75) is 20.3 Å². The first-order valence-corrected chi connectivity index (χ1v) is 7.79. The molecule has 0 radical (unpaired) electrons. The molecular formula is C16H17N5O4. The molecule has 3 rings (SSSR count). The Morgan fingerprint density at radius 3 is 2.92 bits per heavy atom. The third kappa shape index (κ3) is 3.60. The van der Waals surface area contributed by atoms with Crippen LogP contribution in [0.2, 0.25) is 0 Å². The molecule has 130 valence electrons. The molecule has 25 heavy (non-hydrogen) atoms. The molecule has 0 aliphatic heterocycles. The van der Waals surface area contributed by atoms with Crippen molar-refractivity contribution in [1.82, 2.24) is 19.7 Å². The number of aromatic nitrogens is 4. The third-order valence-corrected chi connectivity index (χ3v) is 3.33. The smallest absolute Gasteiger partial charge is 0.412 e. The Kier molecular flexibility index (Phi) is 4.64. The first kappa shape index (κ1) is 16.5. The van der Waals surface area contributed by atoms with Crippen LogP contribution in [-0.4, -0.2) is 32.4 Å². The fourth-order valence-corrected chi connectivity index (χ4v) is 2.22. The van der Waals surface area contributed by atoms with Crippen molar-refractivity contribution in [3.05, 3.63) is 46.6 Å². The zero-order chi connectivity index (χ0) is 17.8. The fourth-order valence-electron chi connectivity index (χ4n) is 2.22. The number of carbonyl (C=O) groups excluding carboxylic acids is 1. The van der Waals surface area contributed by atoms with Crippen molar-refractivity contribution in [3.63, 3.8) is 0 Å². The predicted octanol–water partition coefficient (Wildman–Crippen LogP) is 2.35. The van der Waals surface area contributed by atoms with Crippen molar-refractivity contribution in [3.8, 4) is 17.4 Å². The average Bonchev–Trinajstić information content (AvgIpc) is 3.23. The van der Waals surface area contributed by atoms with Crippen molar-refractivity contribution in [1.29, 1.82) is 0 Å². The second-order valence-electron chi connectivity index (χ2n) is 5.06. The number of ether oxygens (including phenoxy) is 1. The van der Waals surface area contributed by atoms with E-state index in [4.69, 9.17) is 9.15 Å². The van der Waals surface area contributed by atoms with E-state index in [0.717, 1.165) is 0 Å². The van der Waals surface area contributed by atoms with Gasteiger partial charge in [0.25, 0.3) is 5.56 Å². The first-order chi connectivity index (χ1) is 12.1. The van der Waals surface area contributed by atoms with Crippen LogP contribution in [0.3, 0.4) is 0 Å². The van der Waals surface area contributed by atoms with E-state index in [-0.39, 0.29) is 18.1 Å². The number of nitrogens with zero attached hydrogens (tertiary/aromatic N) is 3. The minimum atomic E-state index is -0.636. The van der Waals surface area contributed by atoms with Gasteiger partial charge in [0.2, 0.25) is 5.95 Å². The van der Waals surface area contributed by atoms with Gasteiger partial charge < -0.3 is 9.15 Å². The molecule has 0 atom stereocenters. The van der Waals surface area contributed by atoms with Gasteiger partial charge >= 0.3 is 6.09 Å². The van der Waals surface area contributed by atoms with Gasteiger partial charge in [-0.1, -0.05) is 6.92 Å². The van der Waals surface area contributed by atoms with Gasteiger partial charge in [-0.05, 0) is 25.5 Å². The van der Waals surface area contributed by atoms with Gasteiger partial charge in [0.15, 0.2) is 5.76 Å². The normalized spacial score (nSPS) is 10.6. The standard InChI is InChI=1S/C16H17N5O4/c1-3-10-8-14(22)19-15(17-10)21-13(18-16(23)24-4-2)9-11(20-21)12-6-5-7-25-12/h5-9H,3-4H2,1-2H3,(H,18,23)(H,17,19,22). The topological polar surface area (TPSA) is 115 Å². The quantitative estimate of drug-likeness (QED) is 0.735. The van der Waals surface area contributed by atoms with Crippen LogP contribution in [0.5, 0.6) is 0 Å². The number of aryl methyl sites for hydroxylation is 1. The van der Waals surface area contributed by atoms with Gasteiger partial charge in [-0.25, -0.2) is 9.78 Å². The van der Waals surface area contributed by atoms with Crippen LogP contribution in [0, 0.1) is 0 Å². The Morgan fingerprint density at radius 2 is 2.24 bits per heavy atom. The second-order valence-corrected chi connectivity index (χ2v) is 5.06. The predicted molar refractivity (Wildman–Crippen MR) is 89.7 cm³/mol. The highest BCUT2D eigenvalue weighted by atomic mass is 16.5. The largest absolute Gasteiger partial charge is 0.463 e. The molecular weight excluding hydrogens is 326 g/mol. The summed E-state index contributed by atoms with van der Waals surface area (Å²) in [6.45, 7) is 3.82. The van der Waals surface area contributed by atoms with Crippen molar-refractivity contribution >= 4 is 11.9 Å². The molecule has 3 aromatic rings. The highest BCUT2D eigenvalue weighted by Gasteiger charge is 2.17. The van der Waals surface area contributed by atoms with E-state index in [2.05, 4.69) is 20.4 Å². The Balaban J connectivity index is 2.08. The Morgan fingerprint density at radius 1 is 1.40 bits per heavy atom. The molecule has 0 fully saturated rings. The summed E-state index contributed by atoms with van der Waals surface area (Å²) < 4.78 is 11.6. The van der Waals surface area contributed by atoms with Gasteiger partial charge in [-0.3, -0.25) is 15.1 Å². The zero-order valence-corrected chi connectivity index (χ0v) is 13.8. The van der Waals surface area contributed by atoms with Crippen molar-refractivity contribution in [2.75, 3.05) is 11.9 Å². The molecule has 0 saturated carbocycles. The molecule has 0 aromatic carbocycles. The third-order valence-electron chi connectivity index (χ3n) is 3.33. The number of amides is 1. The first-order valence-electron chi connectivity index (χ1n) is 7.79. The monoisotopic (exact) mass is 343 g/mol. The molecule has 0 aliphatic rings. The summed E-state index contributed by atoms with van der Waals surface area (Å²) in [5, 5.41) is 6.96. The molecule has 2 N–H and O–H groups in total. The van der Waals surface area contributed by atoms with Crippen molar-refractivity contribution < 1.29 is 13.9 Å². The molecule has 0 saturated heterocycles. The van der Waals surface area contributed by atoms with Gasteiger partial charge in [-0.2, -0.15) is 9.78 Å². The van der Waals surface area contributed by atoms with E-state index >= 15 is 0 Å². The molecule has 0 bridgehead atoms. The molecule has 0 spiro atoms. The molecule has 0 aliphatic carbocycles. The summed E-state index contributed by atoms with van der Waals surface area (Å²) in [6.07, 6.45) is 1.47. The van der Waals surface area contributed by atoms with Crippen LogP contribution in [0.25, 0.3) is 17.4 Å². The lowest BCUT2D eigenvalue weighted by Crippen LogP contribution is -2.19. The van der Waals surface area contributed by atoms with E-state index < -0.39 is 6.09 Å². The summed E-state index contributed by atoms with van der Waals surface area (Å²) in [5.41, 5.74) is 0.774. The SMILES string of the molecule is CCOC(=O)Nc1cc(-c2ccco2)nn1-c1nc(CC)cc(=O)[nH]1. The number of H-pyrrole nitrogens is 1. The summed E-state index contributed by atoms with van der Waals surface area (Å²) >= 11 is 0. The minimum Gasteiger partial charge on any atom is -0.463 e. The number of hydrogen-bond acceptors (Lipinski definition) is 6. The lowest BCUT2D eigenvalue weighted by atomic mass is 10.3. The molecule has 3 aromatic heterocycles. The molecule has 0 unspecified atom stereocenters. The van der Waals surface area contributed by atoms with Crippen LogP contribution in [0.1, 0.15) is 19.5 Å². The molecule has 9 nitrogen and oxygen atoms in total. The molecule has 1 amide bonds. The van der Waals surface area contributed by atoms with Gasteiger partial charge in [-0.15, -0.1) is 0 Å². The van der Waals surface area contributed by atoms with Crippen LogP contribution >= 0.6 is 0 Å². The Labute approximate surface area is 142 Å². The number of hydrogen-bond donors (Lipinski definition) is 2. The summed E-state index contributed by atoms with van der Waals surface area (Å²) in [6, 6.07) is 6.48. The summed E-state index contributed by atoms with van der Waals surface area (Å²) in [7, 11) is 0. The Bertz CT molecular complexity index is 926. The van der Waals surface area contributed by atoms with Crippen LogP contribution < -0.4 is 10.9 Å². The number of anilines is 1. The Hall–Kier alpha value is -3.36. The number of rotatable bonds is 5. The summed E-state index contributed by atoms with van der Waals surface area (Å²) in [4.78, 5) is 30.6. The van der Waals surface area contributed by atoms with E-state index in [1.165, 1.54) is 17.0 Å². The number of carbonyl (C=O) groups is 1. The zero-order valence-electron chi connectivity index (χ0n) is 13.8. The highest BCUT2D eigenvalue weighted by molar-refractivity contribution is 5.84. The highest BCUT2D eigenvalue weighted by Crippen LogP contribution is 2.24. The number of nitrogens with one attached hydrogen (secondary N) is 2. The van der Waals surface area contributed by atoms with E-state index in [1.54, 1.807) is 25.1 Å². The molecule has 9 heteroatoms. The van der Waals surface area contributed by atoms with Crippen LogP contribution in [-0.2, 0) is 11.2 Å². The van der Waals surface area contributed by atoms with Gasteiger partial charge in [0.1, 0.15) is 11.5 Å². The maximum absolute atomic E-state index is 11.8. The second kappa shape index (κ2) is 7.04. The number of aromatic amines is 1. The maximum Gasteiger partial charge on any atom is 0.412 e. The fraction of sp³-hybridized carbons (Fsp3) is 0.250. The van der Waals surface area contributed by atoms with E-state index in [9.17, 15) is 9.59 Å². The van der Waals surface area contributed by atoms with Crippen LogP contribution in [0.4, 0.5) is 10.6 Å². The van der Waals surface area contributed by atoms with E-state index in [1.807, 2.05) is 6.92 Å². The van der Waals surface area contributed by atoms with Gasteiger partial charge in [0.05, 0.1) is 12.9 Å². The maximum atomic E-state index is 11.8.